The number of para-hydroxylation sites is 1. The Morgan fingerprint density at radius 1 is 1.04 bits per heavy atom. The second-order valence-electron chi connectivity index (χ2n) is 6.11. The van der Waals surface area contributed by atoms with Crippen molar-refractivity contribution in [2.45, 2.75) is 12.1 Å². The zero-order chi connectivity index (χ0) is 18.8. The summed E-state index contributed by atoms with van der Waals surface area (Å²) in [6.45, 7) is 0. The molecule has 1 aliphatic heterocycles. The minimum atomic E-state index is -0.826. The number of rotatable bonds is 5. The lowest BCUT2D eigenvalue weighted by molar-refractivity contribution is -0.135. The predicted octanol–water partition coefficient (Wildman–Crippen LogP) is 3.76. The number of carbonyl (C=O) groups excluding carboxylic acids is 1. The lowest BCUT2D eigenvalue weighted by Crippen LogP contribution is -2.61. The first-order valence-corrected chi connectivity index (χ1v) is 8.47. The van der Waals surface area contributed by atoms with Crippen LogP contribution in [0.25, 0.3) is 0 Å². The maximum absolute atomic E-state index is 14.0. The Morgan fingerprint density at radius 2 is 1.81 bits per heavy atom. The number of pyridine rings is 1. The fraction of sp³-hybridized carbons (Fsp3) is 0.143. The zero-order valence-electron chi connectivity index (χ0n) is 14.6. The molecule has 1 saturated heterocycles. The second kappa shape index (κ2) is 7.07. The Hall–Kier alpha value is -3.41. The highest BCUT2D eigenvalue weighted by Gasteiger charge is 2.51. The minimum absolute atomic E-state index is 0.0547. The molecule has 0 N–H and O–H groups in total. The van der Waals surface area contributed by atoms with Gasteiger partial charge in [-0.1, -0.05) is 18.2 Å². The van der Waals surface area contributed by atoms with Gasteiger partial charge >= 0.3 is 0 Å². The van der Waals surface area contributed by atoms with E-state index in [0.717, 1.165) is 5.56 Å². The SMILES string of the molecule is COc1ccc(N2C(=O)C(Oc3ccccc3F)C2c2cccnc2)cc1. The number of halogens is 1. The fourth-order valence-corrected chi connectivity index (χ4v) is 3.16. The van der Waals surface area contributed by atoms with Crippen LogP contribution in [0, 0.1) is 5.82 Å². The maximum atomic E-state index is 14.0. The summed E-state index contributed by atoms with van der Waals surface area (Å²) >= 11 is 0. The number of methoxy groups -OCH3 is 1. The molecule has 0 aliphatic carbocycles. The summed E-state index contributed by atoms with van der Waals surface area (Å²) in [5.74, 6) is 0.0123. The van der Waals surface area contributed by atoms with Gasteiger partial charge in [0.15, 0.2) is 11.6 Å². The summed E-state index contributed by atoms with van der Waals surface area (Å²) in [5.41, 5.74) is 1.53. The molecule has 0 saturated carbocycles. The van der Waals surface area contributed by atoms with E-state index in [1.54, 1.807) is 66.9 Å². The van der Waals surface area contributed by atoms with Gasteiger partial charge in [0.25, 0.3) is 5.91 Å². The van der Waals surface area contributed by atoms with Crippen molar-refractivity contribution in [2.24, 2.45) is 0 Å². The highest BCUT2D eigenvalue weighted by Crippen LogP contribution is 2.41. The summed E-state index contributed by atoms with van der Waals surface area (Å²) in [4.78, 5) is 18.6. The standard InChI is InChI=1S/C21H17FN2O3/c1-26-16-10-8-15(9-11-16)24-19(14-5-4-12-23-13-14)20(21(24)25)27-18-7-3-2-6-17(18)22/h2-13,19-20H,1H3. The van der Waals surface area contributed by atoms with Gasteiger partial charge in [-0.15, -0.1) is 0 Å². The highest BCUT2D eigenvalue weighted by atomic mass is 19.1. The van der Waals surface area contributed by atoms with Crippen LogP contribution in [-0.4, -0.2) is 24.1 Å². The van der Waals surface area contributed by atoms with Crippen molar-refractivity contribution in [1.82, 2.24) is 4.98 Å². The number of anilines is 1. The monoisotopic (exact) mass is 364 g/mol. The first-order chi connectivity index (χ1) is 13.2. The molecule has 3 aromatic rings. The molecular formula is C21H17FN2O3. The minimum Gasteiger partial charge on any atom is -0.497 e. The summed E-state index contributed by atoms with van der Waals surface area (Å²) < 4.78 is 24.9. The lowest BCUT2D eigenvalue weighted by Gasteiger charge is -2.46. The summed E-state index contributed by atoms with van der Waals surface area (Å²) in [5, 5.41) is 0. The normalized spacial score (nSPS) is 18.7. The molecule has 27 heavy (non-hydrogen) atoms. The van der Waals surface area contributed by atoms with Crippen molar-refractivity contribution in [3.05, 3.63) is 84.4 Å². The average Bonchev–Trinajstić information content (AvgIpc) is 2.72. The number of benzene rings is 2. The molecule has 2 unspecified atom stereocenters. The van der Waals surface area contributed by atoms with Gasteiger partial charge in [0.2, 0.25) is 6.10 Å². The van der Waals surface area contributed by atoms with Crippen LogP contribution in [0.1, 0.15) is 11.6 Å². The molecule has 1 aliphatic rings. The van der Waals surface area contributed by atoms with Crippen molar-refractivity contribution in [1.29, 1.82) is 0 Å². The van der Waals surface area contributed by atoms with Gasteiger partial charge in [0, 0.05) is 18.1 Å². The van der Waals surface area contributed by atoms with Crippen LogP contribution in [0.15, 0.2) is 73.1 Å². The third-order valence-electron chi connectivity index (χ3n) is 4.51. The van der Waals surface area contributed by atoms with Crippen molar-refractivity contribution < 1.29 is 18.7 Å². The van der Waals surface area contributed by atoms with Gasteiger partial charge < -0.3 is 9.47 Å². The van der Waals surface area contributed by atoms with Crippen molar-refractivity contribution in [2.75, 3.05) is 12.0 Å². The molecule has 2 heterocycles. The van der Waals surface area contributed by atoms with Gasteiger partial charge in [0.05, 0.1) is 7.11 Å². The van der Waals surface area contributed by atoms with Gasteiger partial charge in [-0.25, -0.2) is 4.39 Å². The predicted molar refractivity (Wildman–Crippen MR) is 98.3 cm³/mol. The van der Waals surface area contributed by atoms with Crippen molar-refractivity contribution >= 4 is 11.6 Å². The number of aromatic nitrogens is 1. The van der Waals surface area contributed by atoms with E-state index in [9.17, 15) is 9.18 Å². The van der Waals surface area contributed by atoms with E-state index in [-0.39, 0.29) is 11.7 Å². The third-order valence-corrected chi connectivity index (χ3v) is 4.51. The van der Waals surface area contributed by atoms with Crippen LogP contribution >= 0.6 is 0 Å². The van der Waals surface area contributed by atoms with E-state index in [0.29, 0.717) is 11.4 Å². The number of hydrogen-bond donors (Lipinski definition) is 0. The van der Waals surface area contributed by atoms with E-state index in [2.05, 4.69) is 4.98 Å². The second-order valence-corrected chi connectivity index (χ2v) is 6.11. The largest absolute Gasteiger partial charge is 0.497 e. The molecule has 4 rings (SSSR count). The average molecular weight is 364 g/mol. The van der Waals surface area contributed by atoms with Crippen LogP contribution in [0.2, 0.25) is 0 Å². The van der Waals surface area contributed by atoms with E-state index in [1.165, 1.54) is 12.1 Å². The molecule has 2 atom stereocenters. The molecule has 0 radical (unpaired) electrons. The Bertz CT molecular complexity index is 947. The van der Waals surface area contributed by atoms with Crippen LogP contribution in [0.3, 0.4) is 0 Å². The highest BCUT2D eigenvalue weighted by molar-refractivity contribution is 6.05. The topological polar surface area (TPSA) is 51.7 Å². The van der Waals surface area contributed by atoms with Gasteiger partial charge in [-0.2, -0.15) is 0 Å². The van der Waals surface area contributed by atoms with Crippen LogP contribution in [0.4, 0.5) is 10.1 Å². The van der Waals surface area contributed by atoms with Crippen LogP contribution in [-0.2, 0) is 4.79 Å². The fourth-order valence-electron chi connectivity index (χ4n) is 3.16. The van der Waals surface area contributed by atoms with E-state index in [4.69, 9.17) is 9.47 Å². The first-order valence-electron chi connectivity index (χ1n) is 8.47. The lowest BCUT2D eigenvalue weighted by atomic mass is 9.90. The molecule has 2 aromatic carbocycles. The molecular weight excluding hydrogens is 347 g/mol. The number of carbonyl (C=O) groups is 1. The first kappa shape index (κ1) is 17.0. The Balaban J connectivity index is 1.67. The molecule has 1 fully saturated rings. The Morgan fingerprint density at radius 3 is 2.48 bits per heavy atom. The third kappa shape index (κ3) is 3.10. The number of nitrogens with zero attached hydrogens (tertiary/aromatic N) is 2. The molecule has 1 amide bonds. The smallest absolute Gasteiger partial charge is 0.271 e. The van der Waals surface area contributed by atoms with Crippen molar-refractivity contribution in [3.8, 4) is 11.5 Å². The van der Waals surface area contributed by atoms with Gasteiger partial charge in [-0.3, -0.25) is 14.7 Å². The summed E-state index contributed by atoms with van der Waals surface area (Å²) in [6, 6.07) is 16.5. The molecule has 136 valence electrons. The number of amides is 1. The Labute approximate surface area is 156 Å². The molecule has 6 heteroatoms. The molecule has 0 bridgehead atoms. The Kier molecular flexibility index (Phi) is 4.46. The summed E-state index contributed by atoms with van der Waals surface area (Å²) in [7, 11) is 1.58. The van der Waals surface area contributed by atoms with E-state index in [1.807, 2.05) is 6.07 Å². The number of hydrogen-bond acceptors (Lipinski definition) is 4. The van der Waals surface area contributed by atoms with Gasteiger partial charge in [0.1, 0.15) is 11.8 Å². The van der Waals surface area contributed by atoms with E-state index < -0.39 is 18.0 Å². The molecule has 5 nitrogen and oxygen atoms in total. The van der Waals surface area contributed by atoms with Crippen LogP contribution < -0.4 is 14.4 Å². The van der Waals surface area contributed by atoms with Crippen molar-refractivity contribution in [3.63, 3.8) is 0 Å². The zero-order valence-corrected chi connectivity index (χ0v) is 14.6. The summed E-state index contributed by atoms with van der Waals surface area (Å²) in [6.07, 6.45) is 2.52. The quantitative estimate of drug-likeness (QED) is 0.647. The molecule has 0 spiro atoms. The maximum Gasteiger partial charge on any atom is 0.271 e. The van der Waals surface area contributed by atoms with Crippen LogP contribution in [0.5, 0.6) is 11.5 Å². The number of ether oxygens (including phenoxy) is 2. The molecule has 1 aromatic heterocycles. The van der Waals surface area contributed by atoms with Gasteiger partial charge in [-0.05, 0) is 48.0 Å². The number of β-lactam (4-membered cyclic amide) rings is 1. The van der Waals surface area contributed by atoms with E-state index >= 15 is 0 Å².